The Hall–Kier alpha value is -3.55. The number of carbonyl (C=O) groups is 1. The maximum atomic E-state index is 13.0. The molecule has 1 aromatic heterocycles. The number of benzene rings is 2. The Morgan fingerprint density at radius 1 is 1.12 bits per heavy atom. The molecule has 1 heterocycles. The summed E-state index contributed by atoms with van der Waals surface area (Å²) in [4.78, 5) is 13.0. The molecule has 3 aromatic rings. The molecule has 0 atom stereocenters. The minimum Gasteiger partial charge on any atom is -0.455 e. The summed E-state index contributed by atoms with van der Waals surface area (Å²) in [6.45, 7) is 3.82. The largest absolute Gasteiger partial charge is 0.455 e. The van der Waals surface area contributed by atoms with Crippen LogP contribution in [0.15, 0.2) is 58.0 Å². The van der Waals surface area contributed by atoms with E-state index in [0.717, 1.165) is 41.8 Å². The molecule has 1 amide bonds. The van der Waals surface area contributed by atoms with Crippen molar-refractivity contribution in [3.8, 4) is 0 Å². The van der Waals surface area contributed by atoms with Crippen LogP contribution in [0.5, 0.6) is 0 Å². The Kier molecular flexibility index (Phi) is 6.26. The van der Waals surface area contributed by atoms with Crippen molar-refractivity contribution in [1.29, 1.82) is 0 Å². The number of fused-ring (bicyclic) bond motifs is 1. The molecule has 4 rings (SSSR count). The van der Waals surface area contributed by atoms with Crippen LogP contribution in [0.3, 0.4) is 0 Å². The van der Waals surface area contributed by atoms with Gasteiger partial charge in [-0.15, -0.1) is 0 Å². The third-order valence-corrected chi connectivity index (χ3v) is 5.69. The van der Waals surface area contributed by atoms with E-state index in [2.05, 4.69) is 15.8 Å². The van der Waals surface area contributed by atoms with Crippen molar-refractivity contribution < 1.29 is 22.4 Å². The van der Waals surface area contributed by atoms with E-state index in [-0.39, 0.29) is 17.4 Å². The highest BCUT2D eigenvalue weighted by Gasteiger charge is 2.31. The topological polar surface area (TPSA) is 66.6 Å². The zero-order valence-electron chi connectivity index (χ0n) is 18.3. The van der Waals surface area contributed by atoms with Gasteiger partial charge in [0.1, 0.15) is 5.76 Å². The molecule has 0 radical (unpaired) electrons. The first kappa shape index (κ1) is 22.6. The number of furan rings is 1. The van der Waals surface area contributed by atoms with Crippen molar-refractivity contribution in [1.82, 2.24) is 0 Å². The molecule has 0 spiro atoms. The van der Waals surface area contributed by atoms with Gasteiger partial charge in [-0.2, -0.15) is 18.3 Å². The van der Waals surface area contributed by atoms with E-state index in [1.54, 1.807) is 6.92 Å². The van der Waals surface area contributed by atoms with Crippen LogP contribution in [0.4, 0.5) is 24.5 Å². The summed E-state index contributed by atoms with van der Waals surface area (Å²) < 4.78 is 44.9. The second-order valence-electron chi connectivity index (χ2n) is 7.92. The highest BCUT2D eigenvalue weighted by atomic mass is 19.4. The van der Waals surface area contributed by atoms with Crippen LogP contribution in [0.1, 0.15) is 58.3 Å². The van der Waals surface area contributed by atoms with Gasteiger partial charge in [-0.3, -0.25) is 10.2 Å². The molecule has 1 aliphatic rings. The number of nitrogens with one attached hydrogen (secondary N) is 2. The zero-order chi connectivity index (χ0) is 23.6. The van der Waals surface area contributed by atoms with E-state index < -0.39 is 11.7 Å². The highest BCUT2D eigenvalue weighted by Crippen LogP contribution is 2.32. The maximum Gasteiger partial charge on any atom is 0.416 e. The fraction of sp³-hybridized carbons (Fsp3) is 0.280. The van der Waals surface area contributed by atoms with Crippen molar-refractivity contribution in [2.24, 2.45) is 5.10 Å². The molecule has 2 aromatic carbocycles. The lowest BCUT2D eigenvalue weighted by Crippen LogP contribution is -2.15. The van der Waals surface area contributed by atoms with Crippen molar-refractivity contribution in [3.63, 3.8) is 0 Å². The average molecular weight is 455 g/mol. The van der Waals surface area contributed by atoms with Crippen LogP contribution in [0.25, 0.3) is 0 Å². The van der Waals surface area contributed by atoms with Crippen molar-refractivity contribution in [3.05, 3.63) is 82.3 Å². The van der Waals surface area contributed by atoms with E-state index in [1.165, 1.54) is 12.1 Å². The van der Waals surface area contributed by atoms with Gasteiger partial charge in [0.2, 0.25) is 0 Å². The molecule has 0 aliphatic heterocycles. The molecular formula is C25H24F3N3O2. The smallest absolute Gasteiger partial charge is 0.416 e. The predicted octanol–water partition coefficient (Wildman–Crippen LogP) is 6.57. The summed E-state index contributed by atoms with van der Waals surface area (Å²) in [5.74, 6) is 0.546. The quantitative estimate of drug-likeness (QED) is 0.428. The summed E-state index contributed by atoms with van der Waals surface area (Å²) >= 11 is 0. The molecule has 0 unspecified atom stereocenters. The standard InChI is InChI=1S/C25H24F3N3O2/c1-3-16-8-4-5-11-19(16)29-24(32)23-15(2)22-20(12-7-13-21(22)33-23)31-30-18-10-6-9-17(14-18)25(26,27)28/h4-6,8-11,14,30H,3,7,12-13H2,1-2H3,(H,29,32)/b31-20+. The Bertz CT molecular complexity index is 1210. The molecule has 33 heavy (non-hydrogen) atoms. The summed E-state index contributed by atoms with van der Waals surface area (Å²) in [5, 5.41) is 7.30. The Morgan fingerprint density at radius 3 is 2.67 bits per heavy atom. The first-order valence-electron chi connectivity index (χ1n) is 10.8. The fourth-order valence-corrected chi connectivity index (χ4v) is 4.02. The number of nitrogens with zero attached hydrogens (tertiary/aromatic N) is 1. The third kappa shape index (κ3) is 4.79. The zero-order valence-corrected chi connectivity index (χ0v) is 18.3. The third-order valence-electron chi connectivity index (χ3n) is 5.69. The van der Waals surface area contributed by atoms with Gasteiger partial charge in [0.25, 0.3) is 5.91 Å². The first-order valence-corrected chi connectivity index (χ1v) is 10.8. The van der Waals surface area contributed by atoms with Crippen molar-refractivity contribution in [2.75, 3.05) is 10.7 Å². The SMILES string of the molecule is CCc1ccccc1NC(=O)c1oc2c(c1C)/C(=N/Nc1cccc(C(F)(F)F)c1)CCC2. The van der Waals surface area contributed by atoms with Gasteiger partial charge < -0.3 is 9.73 Å². The summed E-state index contributed by atoms with van der Waals surface area (Å²) in [6, 6.07) is 12.5. The Balaban J connectivity index is 1.59. The number of carbonyl (C=O) groups excluding carboxylic acids is 1. The van der Waals surface area contributed by atoms with E-state index in [1.807, 2.05) is 31.2 Å². The van der Waals surface area contributed by atoms with Crippen LogP contribution in [0, 0.1) is 6.92 Å². The van der Waals surface area contributed by atoms with Crippen molar-refractivity contribution >= 4 is 23.0 Å². The molecule has 0 bridgehead atoms. The van der Waals surface area contributed by atoms with Crippen LogP contribution in [0.2, 0.25) is 0 Å². The van der Waals surface area contributed by atoms with E-state index in [0.29, 0.717) is 29.9 Å². The molecule has 0 saturated carbocycles. The van der Waals surface area contributed by atoms with Crippen LogP contribution >= 0.6 is 0 Å². The van der Waals surface area contributed by atoms with Crippen molar-refractivity contribution in [2.45, 2.75) is 45.7 Å². The lowest BCUT2D eigenvalue weighted by Gasteiger charge is -2.14. The van der Waals surface area contributed by atoms with Crippen LogP contribution in [-0.2, 0) is 19.0 Å². The number of rotatable bonds is 5. The fourth-order valence-electron chi connectivity index (χ4n) is 4.02. The number of alkyl halides is 3. The minimum atomic E-state index is -4.43. The van der Waals surface area contributed by atoms with Gasteiger partial charge in [0, 0.05) is 23.2 Å². The lowest BCUT2D eigenvalue weighted by molar-refractivity contribution is -0.137. The van der Waals surface area contributed by atoms with E-state index in [9.17, 15) is 18.0 Å². The highest BCUT2D eigenvalue weighted by molar-refractivity contribution is 6.09. The molecular weight excluding hydrogens is 431 g/mol. The summed E-state index contributed by atoms with van der Waals surface area (Å²) in [7, 11) is 0. The number of amides is 1. The Labute approximate surface area is 189 Å². The number of hydrogen-bond donors (Lipinski definition) is 2. The van der Waals surface area contributed by atoms with E-state index in [4.69, 9.17) is 4.42 Å². The number of halogens is 3. The molecule has 1 aliphatic carbocycles. The maximum absolute atomic E-state index is 13.0. The van der Waals surface area contributed by atoms with Crippen LogP contribution in [-0.4, -0.2) is 11.6 Å². The molecule has 0 fully saturated rings. The van der Waals surface area contributed by atoms with E-state index >= 15 is 0 Å². The number of hydrazone groups is 1. The second-order valence-corrected chi connectivity index (χ2v) is 7.92. The molecule has 172 valence electrons. The molecule has 8 heteroatoms. The van der Waals surface area contributed by atoms with Gasteiger partial charge in [-0.1, -0.05) is 31.2 Å². The van der Waals surface area contributed by atoms with Crippen LogP contribution < -0.4 is 10.7 Å². The lowest BCUT2D eigenvalue weighted by atomic mass is 9.93. The predicted molar refractivity (Wildman–Crippen MR) is 122 cm³/mol. The Morgan fingerprint density at radius 2 is 1.91 bits per heavy atom. The van der Waals surface area contributed by atoms with Gasteiger partial charge in [0.15, 0.2) is 5.76 Å². The monoisotopic (exact) mass is 455 g/mol. The number of hydrogen-bond acceptors (Lipinski definition) is 4. The van der Waals surface area contributed by atoms with Gasteiger partial charge in [-0.05, 0) is 56.0 Å². The van der Waals surface area contributed by atoms with Gasteiger partial charge >= 0.3 is 6.18 Å². The minimum absolute atomic E-state index is 0.222. The van der Waals surface area contributed by atoms with Gasteiger partial charge in [0.05, 0.1) is 17.0 Å². The second kappa shape index (κ2) is 9.13. The average Bonchev–Trinajstić information content (AvgIpc) is 3.15. The molecule has 2 N–H and O–H groups in total. The normalized spacial score (nSPS) is 14.8. The first-order chi connectivity index (χ1) is 15.8. The summed E-state index contributed by atoms with van der Waals surface area (Å²) in [5.41, 5.74) is 6.05. The number of anilines is 2. The molecule has 0 saturated heterocycles. The summed E-state index contributed by atoms with van der Waals surface area (Å²) in [6.07, 6.45) is -1.59. The number of aryl methyl sites for hydroxylation is 2. The number of para-hydroxylation sites is 1. The van der Waals surface area contributed by atoms with Gasteiger partial charge in [-0.25, -0.2) is 0 Å². The molecule has 5 nitrogen and oxygen atoms in total.